The standard InChI is InChI=1S/C64H55N/c1-63(2,3)51-40-50(41-52(43-51)64(4,5)6)56-31-18-26-48-27-19-32-58(62(48)56)57-29-15-16-33-60(57)65(53-37-34-47(35-38-53)55-30-17-25-45-24-13-14-28-54(45)55)61-39-36-49(44-20-9-7-10-21-44)42-59(61)46-22-11-8-12-23-46/h7-43H,1-6H3. The molecule has 0 aliphatic carbocycles. The second-order valence-corrected chi connectivity index (χ2v) is 19.4. The van der Waals surface area contributed by atoms with Gasteiger partial charge in [-0.15, -0.1) is 0 Å². The van der Waals surface area contributed by atoms with Gasteiger partial charge in [-0.1, -0.05) is 236 Å². The van der Waals surface area contributed by atoms with E-state index in [-0.39, 0.29) is 10.8 Å². The predicted molar refractivity (Wildman–Crippen MR) is 281 cm³/mol. The molecule has 0 heterocycles. The molecule has 1 nitrogen and oxygen atoms in total. The van der Waals surface area contributed by atoms with Gasteiger partial charge in [0, 0.05) is 16.8 Å². The smallest absolute Gasteiger partial charge is 0.0540 e. The van der Waals surface area contributed by atoms with Crippen molar-refractivity contribution in [2.24, 2.45) is 0 Å². The summed E-state index contributed by atoms with van der Waals surface area (Å²) in [4.78, 5) is 2.48. The number of anilines is 3. The first kappa shape index (κ1) is 41.5. The molecule has 0 N–H and O–H groups in total. The lowest BCUT2D eigenvalue weighted by molar-refractivity contribution is 0.569. The van der Waals surface area contributed by atoms with Gasteiger partial charge in [0.1, 0.15) is 0 Å². The molecule has 0 aliphatic heterocycles. The highest BCUT2D eigenvalue weighted by Crippen LogP contribution is 2.48. The summed E-state index contributed by atoms with van der Waals surface area (Å²) in [6.45, 7) is 13.9. The number of nitrogens with zero attached hydrogens (tertiary/aromatic N) is 1. The number of hydrogen-bond donors (Lipinski definition) is 0. The summed E-state index contributed by atoms with van der Waals surface area (Å²) in [5.74, 6) is 0. The van der Waals surface area contributed by atoms with Crippen molar-refractivity contribution in [3.63, 3.8) is 0 Å². The molecule has 0 aliphatic rings. The first-order valence-electron chi connectivity index (χ1n) is 22.9. The minimum Gasteiger partial charge on any atom is -0.309 e. The molecule has 10 aromatic carbocycles. The zero-order chi connectivity index (χ0) is 44.7. The Morgan fingerprint density at radius 2 is 0.785 bits per heavy atom. The highest BCUT2D eigenvalue weighted by Gasteiger charge is 2.25. The molecule has 0 atom stereocenters. The van der Waals surface area contributed by atoms with Crippen LogP contribution in [0.4, 0.5) is 17.1 Å². The van der Waals surface area contributed by atoms with E-state index < -0.39 is 0 Å². The van der Waals surface area contributed by atoms with Gasteiger partial charge in [0.05, 0.1) is 11.4 Å². The fourth-order valence-electron chi connectivity index (χ4n) is 9.42. The second-order valence-electron chi connectivity index (χ2n) is 19.4. The zero-order valence-corrected chi connectivity index (χ0v) is 38.3. The molecule has 0 aromatic heterocycles. The third-order valence-corrected chi connectivity index (χ3v) is 13.0. The minimum atomic E-state index is -0.00773. The molecule has 0 spiro atoms. The van der Waals surface area contributed by atoms with Crippen molar-refractivity contribution in [2.75, 3.05) is 4.90 Å². The van der Waals surface area contributed by atoms with E-state index in [2.05, 4.69) is 271 Å². The molecule has 10 rings (SSSR count). The predicted octanol–water partition coefficient (Wildman–Crippen LogP) is 18.4. The quantitative estimate of drug-likeness (QED) is 0.147. The molecule has 316 valence electrons. The van der Waals surface area contributed by atoms with Crippen molar-refractivity contribution in [1.82, 2.24) is 0 Å². The molecule has 0 unspecified atom stereocenters. The summed E-state index contributed by atoms with van der Waals surface area (Å²) in [5.41, 5.74) is 17.9. The van der Waals surface area contributed by atoms with Crippen molar-refractivity contribution in [1.29, 1.82) is 0 Å². The van der Waals surface area contributed by atoms with Gasteiger partial charge in [-0.2, -0.15) is 0 Å². The Morgan fingerprint density at radius 1 is 0.292 bits per heavy atom. The Hall–Kier alpha value is -7.48. The lowest BCUT2D eigenvalue weighted by Crippen LogP contribution is -2.16. The normalized spacial score (nSPS) is 11.8. The van der Waals surface area contributed by atoms with Crippen LogP contribution in [0, 0.1) is 0 Å². The Morgan fingerprint density at radius 3 is 1.46 bits per heavy atom. The van der Waals surface area contributed by atoms with Gasteiger partial charge in [0.25, 0.3) is 0 Å². The molecular formula is C64H55N. The molecule has 10 aromatic rings. The average molecular weight is 838 g/mol. The van der Waals surface area contributed by atoms with Gasteiger partial charge >= 0.3 is 0 Å². The van der Waals surface area contributed by atoms with E-state index >= 15 is 0 Å². The Labute approximate surface area is 385 Å². The zero-order valence-electron chi connectivity index (χ0n) is 38.3. The fourth-order valence-corrected chi connectivity index (χ4v) is 9.42. The van der Waals surface area contributed by atoms with Crippen molar-refractivity contribution in [2.45, 2.75) is 52.4 Å². The molecule has 65 heavy (non-hydrogen) atoms. The van der Waals surface area contributed by atoms with Crippen molar-refractivity contribution in [3.05, 3.63) is 236 Å². The van der Waals surface area contributed by atoms with E-state index in [4.69, 9.17) is 0 Å². The summed E-state index contributed by atoms with van der Waals surface area (Å²) in [5, 5.41) is 4.96. The molecule has 0 bridgehead atoms. The molecule has 0 amide bonds. The van der Waals surface area contributed by atoms with Crippen LogP contribution in [0.2, 0.25) is 0 Å². The summed E-state index contributed by atoms with van der Waals surface area (Å²) in [6.07, 6.45) is 0. The molecule has 0 radical (unpaired) electrons. The van der Waals surface area contributed by atoms with Crippen molar-refractivity contribution >= 4 is 38.6 Å². The van der Waals surface area contributed by atoms with Crippen LogP contribution in [0.3, 0.4) is 0 Å². The summed E-state index contributed by atoms with van der Waals surface area (Å²) >= 11 is 0. The van der Waals surface area contributed by atoms with E-state index in [1.54, 1.807) is 0 Å². The third-order valence-electron chi connectivity index (χ3n) is 13.0. The van der Waals surface area contributed by atoms with E-state index in [1.807, 2.05) is 0 Å². The first-order chi connectivity index (χ1) is 31.5. The number of benzene rings is 10. The maximum absolute atomic E-state index is 2.48. The topological polar surface area (TPSA) is 3.24 Å². The highest BCUT2D eigenvalue weighted by molar-refractivity contribution is 6.09. The lowest BCUT2D eigenvalue weighted by atomic mass is 9.78. The Bertz CT molecular complexity index is 3270. The van der Waals surface area contributed by atoms with Crippen LogP contribution in [0.1, 0.15) is 52.7 Å². The number of rotatable bonds is 8. The van der Waals surface area contributed by atoms with Gasteiger partial charge in [0.2, 0.25) is 0 Å². The van der Waals surface area contributed by atoms with Crippen LogP contribution < -0.4 is 4.90 Å². The maximum Gasteiger partial charge on any atom is 0.0540 e. The molecule has 0 fully saturated rings. The number of hydrogen-bond acceptors (Lipinski definition) is 1. The van der Waals surface area contributed by atoms with Gasteiger partial charge in [-0.3, -0.25) is 0 Å². The van der Waals surface area contributed by atoms with Gasteiger partial charge in [-0.25, -0.2) is 0 Å². The van der Waals surface area contributed by atoms with Gasteiger partial charge in [0.15, 0.2) is 0 Å². The molecule has 0 saturated heterocycles. The van der Waals surface area contributed by atoms with E-state index in [9.17, 15) is 0 Å². The average Bonchev–Trinajstić information content (AvgIpc) is 3.34. The summed E-state index contributed by atoms with van der Waals surface area (Å²) in [7, 11) is 0. The van der Waals surface area contributed by atoms with Crippen LogP contribution in [0.15, 0.2) is 224 Å². The van der Waals surface area contributed by atoms with E-state index in [0.29, 0.717) is 0 Å². The fraction of sp³-hybridized carbons (Fsp3) is 0.125. The van der Waals surface area contributed by atoms with Gasteiger partial charge < -0.3 is 4.90 Å². The van der Waals surface area contributed by atoms with Crippen molar-refractivity contribution in [3.8, 4) is 55.6 Å². The third kappa shape index (κ3) is 8.16. The summed E-state index contributed by atoms with van der Waals surface area (Å²) in [6, 6.07) is 82.8. The van der Waals surface area contributed by atoms with E-state index in [0.717, 1.165) is 33.8 Å². The Balaban J connectivity index is 1.22. The number of para-hydroxylation sites is 1. The van der Waals surface area contributed by atoms with Crippen LogP contribution >= 0.6 is 0 Å². The molecular weight excluding hydrogens is 783 g/mol. The van der Waals surface area contributed by atoms with Crippen LogP contribution in [-0.2, 0) is 10.8 Å². The second kappa shape index (κ2) is 16.9. The minimum absolute atomic E-state index is 0.00773. The lowest BCUT2D eigenvalue weighted by Gasteiger charge is -2.31. The maximum atomic E-state index is 2.48. The van der Waals surface area contributed by atoms with Crippen LogP contribution in [0.25, 0.3) is 77.2 Å². The largest absolute Gasteiger partial charge is 0.309 e. The molecule has 0 saturated carbocycles. The van der Waals surface area contributed by atoms with Crippen molar-refractivity contribution < 1.29 is 0 Å². The number of fused-ring (bicyclic) bond motifs is 2. The first-order valence-corrected chi connectivity index (χ1v) is 22.9. The summed E-state index contributed by atoms with van der Waals surface area (Å²) < 4.78 is 0. The van der Waals surface area contributed by atoms with Gasteiger partial charge in [-0.05, 0) is 118 Å². The Kier molecular flexibility index (Phi) is 10.8. The monoisotopic (exact) mass is 837 g/mol. The molecule has 1 heteroatoms. The SMILES string of the molecule is CC(C)(C)c1cc(-c2cccc3cccc(-c4ccccc4N(c4ccc(-c5cccc6ccccc56)cc4)c4ccc(-c5ccccc5)cc4-c4ccccc4)c23)cc(C(C)(C)C)c1. The van der Waals surface area contributed by atoms with E-state index in [1.165, 1.54) is 71.6 Å². The highest BCUT2D eigenvalue weighted by atomic mass is 15.1. The van der Waals surface area contributed by atoms with Crippen LogP contribution in [0.5, 0.6) is 0 Å². The van der Waals surface area contributed by atoms with Crippen LogP contribution in [-0.4, -0.2) is 0 Å².